The molecule has 0 saturated carbocycles. The van der Waals surface area contributed by atoms with E-state index in [1.807, 2.05) is 0 Å². The van der Waals surface area contributed by atoms with Gasteiger partial charge >= 0.3 is 0 Å². The van der Waals surface area contributed by atoms with Crippen LogP contribution in [-0.4, -0.2) is 63.3 Å². The van der Waals surface area contributed by atoms with E-state index < -0.39 is 0 Å². The average molecular weight is 345 g/mol. The highest BCUT2D eigenvalue weighted by Crippen LogP contribution is 2.31. The zero-order valence-electron chi connectivity index (χ0n) is 15.9. The number of ether oxygens (including phenoxy) is 1. The summed E-state index contributed by atoms with van der Waals surface area (Å²) in [5, 5.41) is 3.46. The summed E-state index contributed by atoms with van der Waals surface area (Å²) in [5.74, 6) is 1.68. The second-order valence-electron chi connectivity index (χ2n) is 7.17. The van der Waals surface area contributed by atoms with E-state index in [9.17, 15) is 0 Å². The lowest BCUT2D eigenvalue weighted by Gasteiger charge is -2.25. The maximum Gasteiger partial charge on any atom is 0.193 e. The van der Waals surface area contributed by atoms with Crippen molar-refractivity contribution in [3.63, 3.8) is 0 Å². The summed E-state index contributed by atoms with van der Waals surface area (Å²) >= 11 is 0. The van der Waals surface area contributed by atoms with Crippen LogP contribution >= 0.6 is 0 Å². The number of likely N-dealkylation sites (tertiary alicyclic amines) is 1. The summed E-state index contributed by atoms with van der Waals surface area (Å²) < 4.78 is 5.31. The van der Waals surface area contributed by atoms with E-state index in [-0.39, 0.29) is 0 Å². The number of anilines is 1. The Morgan fingerprint density at radius 3 is 3.00 bits per heavy atom. The summed E-state index contributed by atoms with van der Waals surface area (Å²) in [4.78, 5) is 9.79. The first-order chi connectivity index (χ1) is 12.2. The van der Waals surface area contributed by atoms with Crippen molar-refractivity contribution in [3.05, 3.63) is 29.8 Å². The summed E-state index contributed by atoms with van der Waals surface area (Å²) in [5.41, 5.74) is 2.85. The Morgan fingerprint density at radius 2 is 2.20 bits per heavy atom. The fourth-order valence-electron chi connectivity index (χ4n) is 4.06. The molecule has 2 heterocycles. The fourth-order valence-corrected chi connectivity index (χ4v) is 4.06. The number of nitrogens with one attached hydrogen (secondary N) is 1. The molecule has 0 bridgehead atoms. The summed E-state index contributed by atoms with van der Waals surface area (Å²) in [6, 6.07) is 9.33. The third kappa shape index (κ3) is 4.27. The number of hydrogen-bond donors (Lipinski definition) is 1. The second-order valence-corrected chi connectivity index (χ2v) is 7.17. The quantitative estimate of drug-likeness (QED) is 0.635. The lowest BCUT2D eigenvalue weighted by molar-refractivity contribution is 0.157. The van der Waals surface area contributed by atoms with Gasteiger partial charge in [0.05, 0.1) is 13.2 Å². The lowest BCUT2D eigenvalue weighted by Crippen LogP contribution is -2.41. The van der Waals surface area contributed by atoms with Crippen LogP contribution in [0.15, 0.2) is 29.3 Å². The third-order valence-electron chi connectivity index (χ3n) is 5.27. The molecule has 1 aromatic rings. The minimum Gasteiger partial charge on any atom is -0.384 e. The molecule has 5 nitrogen and oxygen atoms in total. The van der Waals surface area contributed by atoms with Gasteiger partial charge < -0.3 is 19.9 Å². The van der Waals surface area contributed by atoms with Gasteiger partial charge in [0, 0.05) is 50.9 Å². The predicted molar refractivity (Wildman–Crippen MR) is 104 cm³/mol. The van der Waals surface area contributed by atoms with Crippen LogP contribution < -0.4 is 10.2 Å². The first-order valence-electron chi connectivity index (χ1n) is 9.59. The normalized spacial score (nSPS) is 23.2. The molecule has 1 saturated heterocycles. The van der Waals surface area contributed by atoms with Crippen molar-refractivity contribution < 1.29 is 4.74 Å². The van der Waals surface area contributed by atoms with Gasteiger partial charge in [0.2, 0.25) is 0 Å². The Morgan fingerprint density at radius 1 is 1.36 bits per heavy atom. The number of para-hydroxylation sites is 1. The molecule has 2 unspecified atom stereocenters. The first kappa shape index (κ1) is 18.1. The van der Waals surface area contributed by atoms with Crippen molar-refractivity contribution in [1.29, 1.82) is 0 Å². The lowest BCUT2D eigenvalue weighted by atomic mass is 10.1. The van der Waals surface area contributed by atoms with Gasteiger partial charge in [-0.05, 0) is 38.3 Å². The monoisotopic (exact) mass is 344 g/mol. The van der Waals surface area contributed by atoms with Gasteiger partial charge in [0.1, 0.15) is 0 Å². The SMILES string of the molecule is CCNC(=NCCN1c2ccccc2CC1C)N1CCC(COC)C1. The molecule has 0 amide bonds. The minimum atomic E-state index is 0.563. The van der Waals surface area contributed by atoms with Gasteiger partial charge in [-0.1, -0.05) is 18.2 Å². The summed E-state index contributed by atoms with van der Waals surface area (Å²) in [7, 11) is 1.79. The topological polar surface area (TPSA) is 40.1 Å². The van der Waals surface area contributed by atoms with Gasteiger partial charge in [0.15, 0.2) is 5.96 Å². The van der Waals surface area contributed by atoms with Crippen LogP contribution in [-0.2, 0) is 11.2 Å². The number of benzene rings is 1. The van der Waals surface area contributed by atoms with Crippen molar-refractivity contribution in [1.82, 2.24) is 10.2 Å². The second kappa shape index (κ2) is 8.56. The highest BCUT2D eigenvalue weighted by atomic mass is 16.5. The van der Waals surface area contributed by atoms with Crippen LogP contribution in [0.1, 0.15) is 25.8 Å². The van der Waals surface area contributed by atoms with Crippen LogP contribution in [0.25, 0.3) is 0 Å². The van der Waals surface area contributed by atoms with Crippen LogP contribution in [0.2, 0.25) is 0 Å². The molecular weight excluding hydrogens is 312 g/mol. The van der Waals surface area contributed by atoms with E-state index in [2.05, 4.69) is 53.2 Å². The largest absolute Gasteiger partial charge is 0.384 e. The van der Waals surface area contributed by atoms with Crippen molar-refractivity contribution in [2.75, 3.05) is 51.3 Å². The Hall–Kier alpha value is -1.75. The molecule has 1 N–H and O–H groups in total. The van der Waals surface area contributed by atoms with E-state index in [1.54, 1.807) is 7.11 Å². The molecule has 0 spiro atoms. The Bertz CT molecular complexity index is 589. The minimum absolute atomic E-state index is 0.563. The number of guanidine groups is 1. The summed E-state index contributed by atoms with van der Waals surface area (Å²) in [6.45, 7) is 10.1. The van der Waals surface area contributed by atoms with Gasteiger partial charge in [-0.25, -0.2) is 0 Å². The number of fused-ring (bicyclic) bond motifs is 1. The van der Waals surface area contributed by atoms with Crippen LogP contribution in [0.4, 0.5) is 5.69 Å². The number of hydrogen-bond acceptors (Lipinski definition) is 3. The maximum absolute atomic E-state index is 5.31. The highest BCUT2D eigenvalue weighted by molar-refractivity contribution is 5.80. The summed E-state index contributed by atoms with van der Waals surface area (Å²) in [6.07, 6.45) is 2.33. The Kier molecular flexibility index (Phi) is 6.19. The molecule has 2 aliphatic rings. The number of aliphatic imine (C=N–C) groups is 1. The van der Waals surface area contributed by atoms with Gasteiger partial charge in [0.25, 0.3) is 0 Å². The average Bonchev–Trinajstić information content (AvgIpc) is 3.19. The van der Waals surface area contributed by atoms with E-state index in [0.717, 1.165) is 51.7 Å². The molecule has 2 atom stereocenters. The first-order valence-corrected chi connectivity index (χ1v) is 9.59. The highest BCUT2D eigenvalue weighted by Gasteiger charge is 2.26. The van der Waals surface area contributed by atoms with Gasteiger partial charge in [-0.3, -0.25) is 4.99 Å². The smallest absolute Gasteiger partial charge is 0.193 e. The van der Waals surface area contributed by atoms with E-state index in [1.165, 1.54) is 17.7 Å². The molecular formula is C20H32N4O. The van der Waals surface area contributed by atoms with E-state index in [4.69, 9.17) is 9.73 Å². The predicted octanol–water partition coefficient (Wildman–Crippen LogP) is 2.37. The Labute approximate surface area is 152 Å². The molecule has 0 aliphatic carbocycles. The standard InChI is InChI=1S/C20H32N4O/c1-4-21-20(23-11-9-17(14-23)15-25-3)22-10-12-24-16(2)13-18-7-5-6-8-19(18)24/h5-8,16-17H,4,9-15H2,1-3H3,(H,21,22). The number of methoxy groups -OCH3 is 1. The third-order valence-corrected chi connectivity index (χ3v) is 5.27. The molecule has 25 heavy (non-hydrogen) atoms. The van der Waals surface area contributed by atoms with Crippen LogP contribution in [0.3, 0.4) is 0 Å². The molecule has 1 fully saturated rings. The molecule has 3 rings (SSSR count). The molecule has 2 aliphatic heterocycles. The zero-order chi connectivity index (χ0) is 17.6. The number of rotatable bonds is 6. The number of nitrogens with zero attached hydrogens (tertiary/aromatic N) is 3. The van der Waals surface area contributed by atoms with Crippen molar-refractivity contribution >= 4 is 11.6 Å². The molecule has 0 radical (unpaired) electrons. The van der Waals surface area contributed by atoms with Gasteiger partial charge in [-0.2, -0.15) is 0 Å². The maximum atomic E-state index is 5.31. The Balaban J connectivity index is 1.59. The van der Waals surface area contributed by atoms with Crippen molar-refractivity contribution in [2.45, 2.75) is 32.7 Å². The van der Waals surface area contributed by atoms with Crippen LogP contribution in [0.5, 0.6) is 0 Å². The molecule has 138 valence electrons. The van der Waals surface area contributed by atoms with Crippen LogP contribution in [0, 0.1) is 5.92 Å². The molecule has 5 heteroatoms. The van der Waals surface area contributed by atoms with Crippen molar-refractivity contribution in [3.8, 4) is 0 Å². The van der Waals surface area contributed by atoms with E-state index in [0.29, 0.717) is 12.0 Å². The molecule has 0 aromatic heterocycles. The zero-order valence-corrected chi connectivity index (χ0v) is 15.9. The van der Waals surface area contributed by atoms with Gasteiger partial charge in [-0.15, -0.1) is 0 Å². The fraction of sp³-hybridized carbons (Fsp3) is 0.650. The van der Waals surface area contributed by atoms with E-state index >= 15 is 0 Å². The van der Waals surface area contributed by atoms with Crippen molar-refractivity contribution in [2.24, 2.45) is 10.9 Å². The molecule has 1 aromatic carbocycles.